The Morgan fingerprint density at radius 2 is 1.78 bits per heavy atom. The molecule has 0 bridgehead atoms. The van der Waals surface area contributed by atoms with Crippen LogP contribution < -0.4 is 10.1 Å². The topological polar surface area (TPSA) is 116 Å². The second-order valence-electron chi connectivity index (χ2n) is 6.60. The molecule has 0 aliphatic carbocycles. The number of hydrogen-bond donors (Lipinski definition) is 1. The van der Waals surface area contributed by atoms with Crippen LogP contribution in [0.4, 0.5) is 17.2 Å². The SMILES string of the molecule is CCOC(=O)c1ccccc1Nc1ncnc(Oc2cccc3ccccc23)c1[N+](=O)[O-]. The molecule has 9 nitrogen and oxygen atoms in total. The summed E-state index contributed by atoms with van der Waals surface area (Å²) in [6.07, 6.45) is 1.16. The smallest absolute Gasteiger partial charge is 0.373 e. The highest BCUT2D eigenvalue weighted by Gasteiger charge is 2.26. The Hall–Kier alpha value is -4.53. The maximum Gasteiger partial charge on any atom is 0.373 e. The number of nitrogens with zero attached hydrogens (tertiary/aromatic N) is 3. The molecule has 0 aliphatic rings. The van der Waals surface area contributed by atoms with E-state index < -0.39 is 16.6 Å². The van der Waals surface area contributed by atoms with Gasteiger partial charge in [-0.2, -0.15) is 4.98 Å². The summed E-state index contributed by atoms with van der Waals surface area (Å²) in [6.45, 7) is 1.89. The number of para-hydroxylation sites is 1. The molecule has 0 atom stereocenters. The molecule has 0 amide bonds. The zero-order chi connectivity index (χ0) is 22.5. The van der Waals surface area contributed by atoms with Crippen LogP contribution in [-0.2, 0) is 4.74 Å². The Bertz CT molecular complexity index is 1300. The van der Waals surface area contributed by atoms with Crippen molar-refractivity contribution in [1.29, 1.82) is 0 Å². The quantitative estimate of drug-likeness (QED) is 0.240. The third kappa shape index (κ3) is 4.17. The molecular weight excluding hydrogens is 412 g/mol. The average Bonchev–Trinajstić information content (AvgIpc) is 2.80. The van der Waals surface area contributed by atoms with Crippen molar-refractivity contribution in [2.45, 2.75) is 6.92 Å². The summed E-state index contributed by atoms with van der Waals surface area (Å²) < 4.78 is 10.9. The fraction of sp³-hybridized carbons (Fsp3) is 0.0870. The van der Waals surface area contributed by atoms with Crippen LogP contribution in [0.3, 0.4) is 0 Å². The molecule has 0 fully saturated rings. The molecule has 4 rings (SSSR count). The molecule has 0 unspecified atom stereocenters. The maximum absolute atomic E-state index is 12.3. The van der Waals surface area contributed by atoms with Crippen LogP contribution >= 0.6 is 0 Å². The first-order chi connectivity index (χ1) is 15.6. The van der Waals surface area contributed by atoms with Gasteiger partial charge in [-0.15, -0.1) is 0 Å². The standard InChI is InChI=1S/C23H18N4O5/c1-2-31-23(28)17-11-5-6-12-18(17)26-21-20(27(29)30)22(25-14-24-21)32-19-13-7-9-15-8-3-4-10-16(15)19/h3-14H,2H2,1H3,(H,24,25,26). The molecule has 32 heavy (non-hydrogen) atoms. The van der Waals surface area contributed by atoms with Crippen molar-refractivity contribution in [2.24, 2.45) is 0 Å². The second-order valence-corrected chi connectivity index (χ2v) is 6.60. The number of hydrogen-bond acceptors (Lipinski definition) is 8. The van der Waals surface area contributed by atoms with Gasteiger partial charge < -0.3 is 14.8 Å². The molecular formula is C23H18N4O5. The van der Waals surface area contributed by atoms with Crippen LogP contribution in [0, 0.1) is 10.1 Å². The van der Waals surface area contributed by atoms with Crippen LogP contribution in [-0.4, -0.2) is 27.5 Å². The van der Waals surface area contributed by atoms with E-state index in [1.165, 1.54) is 0 Å². The number of rotatable bonds is 7. The number of anilines is 2. The van der Waals surface area contributed by atoms with E-state index in [0.29, 0.717) is 11.4 Å². The van der Waals surface area contributed by atoms with Gasteiger partial charge in [0.15, 0.2) is 0 Å². The first-order valence-electron chi connectivity index (χ1n) is 9.76. The van der Waals surface area contributed by atoms with Gasteiger partial charge >= 0.3 is 17.5 Å². The minimum Gasteiger partial charge on any atom is -0.462 e. The molecule has 9 heteroatoms. The van der Waals surface area contributed by atoms with Crippen molar-refractivity contribution in [1.82, 2.24) is 9.97 Å². The highest BCUT2D eigenvalue weighted by atomic mass is 16.6. The molecule has 0 saturated carbocycles. The lowest BCUT2D eigenvalue weighted by Gasteiger charge is -2.12. The number of nitrogens with one attached hydrogen (secondary N) is 1. The molecule has 0 aliphatic heterocycles. The summed E-state index contributed by atoms with van der Waals surface area (Å²) in [6, 6.07) is 19.4. The number of nitro groups is 1. The third-order valence-corrected chi connectivity index (χ3v) is 4.60. The molecule has 0 radical (unpaired) electrons. The maximum atomic E-state index is 12.3. The van der Waals surface area contributed by atoms with Crippen molar-refractivity contribution < 1.29 is 19.2 Å². The summed E-state index contributed by atoms with van der Waals surface area (Å²) in [5.74, 6) is -0.475. The molecule has 0 spiro atoms. The largest absolute Gasteiger partial charge is 0.462 e. The summed E-state index contributed by atoms with van der Waals surface area (Å²) in [7, 11) is 0. The summed E-state index contributed by atoms with van der Waals surface area (Å²) in [5.41, 5.74) is 0.0711. The monoisotopic (exact) mass is 430 g/mol. The van der Waals surface area contributed by atoms with E-state index in [0.717, 1.165) is 17.1 Å². The van der Waals surface area contributed by atoms with Gasteiger partial charge in [-0.25, -0.2) is 9.78 Å². The summed E-state index contributed by atoms with van der Waals surface area (Å²) >= 11 is 0. The first kappa shape index (κ1) is 20.7. The Morgan fingerprint density at radius 1 is 1.03 bits per heavy atom. The molecule has 4 aromatic rings. The predicted molar refractivity (Wildman–Crippen MR) is 118 cm³/mol. The van der Waals surface area contributed by atoms with Gasteiger partial charge in [0.1, 0.15) is 12.1 Å². The van der Waals surface area contributed by atoms with Crippen LogP contribution in [0.15, 0.2) is 73.1 Å². The van der Waals surface area contributed by atoms with Gasteiger partial charge in [0.2, 0.25) is 5.82 Å². The van der Waals surface area contributed by atoms with E-state index in [-0.39, 0.29) is 23.9 Å². The van der Waals surface area contributed by atoms with Crippen molar-refractivity contribution in [2.75, 3.05) is 11.9 Å². The number of benzene rings is 3. The number of carbonyl (C=O) groups excluding carboxylic acids is 1. The van der Waals surface area contributed by atoms with Crippen LogP contribution in [0.25, 0.3) is 10.8 Å². The number of aromatic nitrogens is 2. The first-order valence-corrected chi connectivity index (χ1v) is 9.76. The number of ether oxygens (including phenoxy) is 2. The number of fused-ring (bicyclic) bond motifs is 1. The Labute approximate surface area is 182 Å². The molecule has 1 aromatic heterocycles. The van der Waals surface area contributed by atoms with Crippen LogP contribution in [0.5, 0.6) is 11.6 Å². The molecule has 0 saturated heterocycles. The average molecular weight is 430 g/mol. The fourth-order valence-corrected chi connectivity index (χ4v) is 3.19. The van der Waals surface area contributed by atoms with E-state index in [9.17, 15) is 14.9 Å². The minimum atomic E-state index is -0.629. The van der Waals surface area contributed by atoms with Crippen LogP contribution in [0.1, 0.15) is 17.3 Å². The van der Waals surface area contributed by atoms with Crippen molar-refractivity contribution in [3.05, 3.63) is 88.7 Å². The second kappa shape index (κ2) is 9.09. The van der Waals surface area contributed by atoms with E-state index in [4.69, 9.17) is 9.47 Å². The van der Waals surface area contributed by atoms with Crippen molar-refractivity contribution >= 4 is 33.9 Å². The Kier molecular flexibility index (Phi) is 5.89. The van der Waals surface area contributed by atoms with Gasteiger partial charge in [0.25, 0.3) is 0 Å². The fourth-order valence-electron chi connectivity index (χ4n) is 3.19. The zero-order valence-corrected chi connectivity index (χ0v) is 17.0. The highest BCUT2D eigenvalue weighted by Crippen LogP contribution is 2.38. The van der Waals surface area contributed by atoms with Gasteiger partial charge in [0, 0.05) is 5.39 Å². The van der Waals surface area contributed by atoms with E-state index in [1.54, 1.807) is 43.3 Å². The number of esters is 1. The molecule has 160 valence electrons. The normalized spacial score (nSPS) is 10.5. The Morgan fingerprint density at radius 3 is 2.59 bits per heavy atom. The van der Waals surface area contributed by atoms with E-state index >= 15 is 0 Å². The molecule has 1 N–H and O–H groups in total. The predicted octanol–water partition coefficient (Wildman–Crippen LogP) is 5.25. The van der Waals surface area contributed by atoms with Crippen LogP contribution in [0.2, 0.25) is 0 Å². The van der Waals surface area contributed by atoms with Gasteiger partial charge in [-0.05, 0) is 30.5 Å². The summed E-state index contributed by atoms with van der Waals surface area (Å²) in [4.78, 5) is 31.5. The minimum absolute atomic E-state index is 0.114. The van der Waals surface area contributed by atoms with Gasteiger partial charge in [-0.3, -0.25) is 10.1 Å². The third-order valence-electron chi connectivity index (χ3n) is 4.60. The van der Waals surface area contributed by atoms with Crippen molar-refractivity contribution in [3.8, 4) is 11.6 Å². The lowest BCUT2D eigenvalue weighted by atomic mass is 10.1. The zero-order valence-electron chi connectivity index (χ0n) is 17.0. The van der Waals surface area contributed by atoms with E-state index in [2.05, 4.69) is 15.3 Å². The highest BCUT2D eigenvalue weighted by molar-refractivity contribution is 5.96. The van der Waals surface area contributed by atoms with Gasteiger partial charge in [0.05, 0.1) is 22.8 Å². The lowest BCUT2D eigenvalue weighted by Crippen LogP contribution is -2.09. The molecule has 3 aromatic carbocycles. The lowest BCUT2D eigenvalue weighted by molar-refractivity contribution is -0.385. The van der Waals surface area contributed by atoms with Gasteiger partial charge in [-0.1, -0.05) is 48.5 Å². The summed E-state index contributed by atoms with van der Waals surface area (Å²) in [5, 5.41) is 16.5. The molecule has 1 heterocycles. The Balaban J connectivity index is 1.74. The van der Waals surface area contributed by atoms with Crippen molar-refractivity contribution in [3.63, 3.8) is 0 Å². The number of carbonyl (C=O) groups is 1. The van der Waals surface area contributed by atoms with E-state index in [1.807, 2.05) is 30.3 Å².